The smallest absolute Gasteiger partial charge is 0.264 e. The van der Waals surface area contributed by atoms with Crippen LogP contribution in [0.5, 0.6) is 11.5 Å². The Kier molecular flexibility index (Phi) is 10.4. The average Bonchev–Trinajstić information content (AvgIpc) is 2.76. The molecule has 0 N–H and O–H groups in total. The summed E-state index contributed by atoms with van der Waals surface area (Å²) in [5.41, 5.74) is 4.56. The van der Waals surface area contributed by atoms with Gasteiger partial charge in [0.15, 0.2) is 0 Å². The number of hydrogen-bond donors (Lipinski definition) is 0. The zero-order chi connectivity index (χ0) is 23.7. The van der Waals surface area contributed by atoms with Crippen LogP contribution in [0.25, 0.3) is 11.1 Å². The second kappa shape index (κ2) is 12.8. The van der Waals surface area contributed by atoms with Crippen molar-refractivity contribution in [2.24, 2.45) is 0 Å². The molecule has 6 heteroatoms. The third-order valence-electron chi connectivity index (χ3n) is 5.20. The zero-order valence-electron chi connectivity index (χ0n) is 20.2. The Balaban J connectivity index is 2.75. The van der Waals surface area contributed by atoms with E-state index >= 15 is 0 Å². The van der Waals surface area contributed by atoms with Crippen molar-refractivity contribution < 1.29 is 9.47 Å². The summed E-state index contributed by atoms with van der Waals surface area (Å²) in [6.07, 6.45) is 6.34. The third kappa shape index (κ3) is 6.91. The van der Waals surface area contributed by atoms with E-state index in [4.69, 9.17) is 33.9 Å². The Hall–Kier alpha value is -2.18. The van der Waals surface area contributed by atoms with Crippen LogP contribution in [-0.2, 0) is 12.8 Å². The van der Waals surface area contributed by atoms with E-state index in [9.17, 15) is 0 Å². The lowest BCUT2D eigenvalue weighted by atomic mass is 9.89. The maximum absolute atomic E-state index is 6.21. The molecule has 0 unspecified atom stereocenters. The Morgan fingerprint density at radius 3 is 1.38 bits per heavy atom. The molecule has 0 aromatic heterocycles. The number of aryl methyl sites for hydroxylation is 2. The fourth-order valence-electron chi connectivity index (χ4n) is 3.41. The van der Waals surface area contributed by atoms with E-state index in [1.807, 2.05) is 52.5 Å². The molecule has 0 fully saturated rings. The molecular weight excluding hydrogens is 436 g/mol. The molecule has 2 aromatic carbocycles. The highest BCUT2D eigenvalue weighted by Gasteiger charge is 2.22. The van der Waals surface area contributed by atoms with Crippen LogP contribution in [0.4, 0.5) is 0 Å². The Morgan fingerprint density at radius 2 is 1.06 bits per heavy atom. The molecule has 0 aliphatic carbocycles. The van der Waals surface area contributed by atoms with Crippen molar-refractivity contribution in [1.29, 1.82) is 0 Å². The van der Waals surface area contributed by atoms with Gasteiger partial charge in [0.2, 0.25) is 0 Å². The highest BCUT2D eigenvalue weighted by Crippen LogP contribution is 2.43. The molecule has 0 aliphatic heterocycles. The largest absolute Gasteiger partial charge is 0.431 e. The first-order chi connectivity index (χ1) is 15.3. The van der Waals surface area contributed by atoms with E-state index < -0.39 is 0 Å². The first-order valence-corrected chi connectivity index (χ1v) is 12.1. The van der Waals surface area contributed by atoms with Crippen molar-refractivity contribution in [3.8, 4) is 22.6 Å². The molecule has 0 radical (unpaired) electrons. The third-order valence-corrected chi connectivity index (χ3v) is 6.10. The number of nitrogens with zero attached hydrogens (tertiary/aromatic N) is 2. The van der Waals surface area contributed by atoms with Gasteiger partial charge in [-0.15, -0.1) is 0 Å². The number of ether oxygens (including phenoxy) is 2. The van der Waals surface area contributed by atoms with Crippen molar-refractivity contribution in [1.82, 2.24) is 9.80 Å². The van der Waals surface area contributed by atoms with Gasteiger partial charge in [0, 0.05) is 39.3 Å². The highest BCUT2D eigenvalue weighted by molar-refractivity contribution is 7.80. The summed E-state index contributed by atoms with van der Waals surface area (Å²) in [5, 5.41) is 0.854. The average molecular weight is 473 g/mol. The summed E-state index contributed by atoms with van der Waals surface area (Å²) in [6, 6.07) is 12.4. The minimum Gasteiger partial charge on any atom is -0.431 e. The number of benzene rings is 2. The van der Waals surface area contributed by atoms with E-state index in [-0.39, 0.29) is 0 Å². The second-order valence-electron chi connectivity index (χ2n) is 8.31. The van der Waals surface area contributed by atoms with Crippen LogP contribution in [0, 0.1) is 0 Å². The van der Waals surface area contributed by atoms with Gasteiger partial charge in [-0.25, -0.2) is 0 Å². The van der Waals surface area contributed by atoms with Gasteiger partial charge >= 0.3 is 0 Å². The molecular formula is C26H36N2O2S2. The summed E-state index contributed by atoms with van der Waals surface area (Å²) in [4.78, 5) is 3.61. The van der Waals surface area contributed by atoms with Gasteiger partial charge in [-0.2, -0.15) is 0 Å². The molecule has 0 heterocycles. The molecule has 0 saturated carbocycles. The minimum absolute atomic E-state index is 0.427. The number of hydrogen-bond acceptors (Lipinski definition) is 4. The summed E-state index contributed by atoms with van der Waals surface area (Å²) in [6.45, 7) is 4.42. The van der Waals surface area contributed by atoms with Gasteiger partial charge in [0.05, 0.1) is 0 Å². The standard InChI is InChI=1S/C26H36N2O2S2/c1-7-9-13-19-15-11-17-21(29-25(31)27(3)4)23(19)24-20(14-10-8-2)16-12-18-22(24)30-26(32)28(5)6/h11-12,15-18H,7-10,13-14H2,1-6H3. The molecule has 0 saturated heterocycles. The van der Waals surface area contributed by atoms with Crippen molar-refractivity contribution in [2.45, 2.75) is 52.4 Å². The van der Waals surface area contributed by atoms with Crippen LogP contribution < -0.4 is 9.47 Å². The topological polar surface area (TPSA) is 24.9 Å². The van der Waals surface area contributed by atoms with Crippen LogP contribution in [0.3, 0.4) is 0 Å². The van der Waals surface area contributed by atoms with Crippen LogP contribution >= 0.6 is 24.4 Å². The number of thiocarbonyl (C=S) groups is 2. The number of unbranched alkanes of at least 4 members (excludes halogenated alkanes) is 2. The minimum atomic E-state index is 0.427. The molecule has 32 heavy (non-hydrogen) atoms. The van der Waals surface area contributed by atoms with Gasteiger partial charge in [0.1, 0.15) is 11.5 Å². The van der Waals surface area contributed by atoms with Gasteiger partial charge in [0.25, 0.3) is 10.3 Å². The summed E-state index contributed by atoms with van der Waals surface area (Å²) < 4.78 is 12.4. The van der Waals surface area contributed by atoms with E-state index in [1.165, 1.54) is 11.1 Å². The summed E-state index contributed by atoms with van der Waals surface area (Å²) in [5.74, 6) is 1.50. The Labute approximate surface area is 204 Å². The highest BCUT2D eigenvalue weighted by atomic mass is 32.1. The van der Waals surface area contributed by atoms with Crippen LogP contribution in [0.1, 0.15) is 50.7 Å². The molecule has 4 nitrogen and oxygen atoms in total. The maximum atomic E-state index is 6.21. The fourth-order valence-corrected chi connectivity index (χ4v) is 3.59. The molecule has 0 bridgehead atoms. The molecule has 0 amide bonds. The van der Waals surface area contributed by atoms with Gasteiger partial charge in [-0.3, -0.25) is 0 Å². The normalized spacial score (nSPS) is 10.6. The maximum Gasteiger partial charge on any atom is 0.264 e. The van der Waals surface area contributed by atoms with Gasteiger partial charge < -0.3 is 19.3 Å². The lowest BCUT2D eigenvalue weighted by Crippen LogP contribution is -2.26. The van der Waals surface area contributed by atoms with Gasteiger partial charge in [-0.05, 0) is 73.4 Å². The van der Waals surface area contributed by atoms with E-state index in [0.29, 0.717) is 10.3 Å². The Bertz CT molecular complexity index is 851. The van der Waals surface area contributed by atoms with Crippen molar-refractivity contribution in [3.05, 3.63) is 47.5 Å². The van der Waals surface area contributed by atoms with Crippen molar-refractivity contribution >= 4 is 34.8 Å². The number of rotatable bonds is 9. The molecule has 0 atom stereocenters. The Morgan fingerprint density at radius 1 is 0.688 bits per heavy atom. The zero-order valence-corrected chi connectivity index (χ0v) is 21.9. The van der Waals surface area contributed by atoms with Crippen LogP contribution in [0.2, 0.25) is 0 Å². The molecule has 0 aliphatic rings. The second-order valence-corrected chi connectivity index (χ2v) is 9.01. The predicted molar refractivity (Wildman–Crippen MR) is 143 cm³/mol. The van der Waals surface area contributed by atoms with E-state index in [2.05, 4.69) is 26.0 Å². The molecule has 2 rings (SSSR count). The van der Waals surface area contributed by atoms with Crippen LogP contribution in [0.15, 0.2) is 36.4 Å². The lowest BCUT2D eigenvalue weighted by Gasteiger charge is -2.23. The molecule has 0 spiro atoms. The van der Waals surface area contributed by atoms with Crippen molar-refractivity contribution in [2.75, 3.05) is 28.2 Å². The first-order valence-electron chi connectivity index (χ1n) is 11.3. The lowest BCUT2D eigenvalue weighted by molar-refractivity contribution is 0.445. The van der Waals surface area contributed by atoms with Crippen LogP contribution in [-0.4, -0.2) is 48.3 Å². The monoisotopic (exact) mass is 472 g/mol. The quantitative estimate of drug-likeness (QED) is 0.387. The summed E-state index contributed by atoms with van der Waals surface area (Å²) in [7, 11) is 7.56. The molecule has 2 aromatic rings. The van der Waals surface area contributed by atoms with Gasteiger partial charge in [-0.1, -0.05) is 51.0 Å². The van der Waals surface area contributed by atoms with E-state index in [0.717, 1.165) is 61.2 Å². The fraction of sp³-hybridized carbons (Fsp3) is 0.462. The first kappa shape index (κ1) is 26.1. The predicted octanol–water partition coefficient (Wildman–Crippen LogP) is 6.49. The molecule has 174 valence electrons. The van der Waals surface area contributed by atoms with E-state index in [1.54, 1.807) is 9.80 Å². The SMILES string of the molecule is CCCCc1cccc(OC(=S)N(C)C)c1-c1c(CCCC)cccc1OC(=S)N(C)C. The summed E-state index contributed by atoms with van der Waals surface area (Å²) >= 11 is 11.0. The van der Waals surface area contributed by atoms with Crippen molar-refractivity contribution in [3.63, 3.8) is 0 Å².